The second kappa shape index (κ2) is 7.63. The molecular formula is C16H19IN2O2. The quantitative estimate of drug-likeness (QED) is 0.446. The van der Waals surface area contributed by atoms with Crippen molar-refractivity contribution in [2.24, 2.45) is 5.84 Å². The highest BCUT2D eigenvalue weighted by Gasteiger charge is 2.20. The number of rotatable bonds is 6. The summed E-state index contributed by atoms with van der Waals surface area (Å²) in [6, 6.07) is 14.0. The number of hydrazine groups is 1. The minimum absolute atomic E-state index is 0.0869. The lowest BCUT2D eigenvalue weighted by molar-refractivity contribution is 0.370. The minimum Gasteiger partial charge on any atom is -0.496 e. The van der Waals surface area contributed by atoms with Gasteiger partial charge in [0.1, 0.15) is 11.5 Å². The fourth-order valence-corrected chi connectivity index (χ4v) is 2.68. The van der Waals surface area contributed by atoms with Crippen LogP contribution in [0.15, 0.2) is 42.5 Å². The molecule has 5 heteroatoms. The van der Waals surface area contributed by atoms with Crippen LogP contribution < -0.4 is 20.7 Å². The first kappa shape index (κ1) is 16.1. The molecule has 0 bridgehead atoms. The van der Waals surface area contributed by atoms with Crippen LogP contribution in [0.25, 0.3) is 0 Å². The summed E-state index contributed by atoms with van der Waals surface area (Å²) in [5.74, 6) is 7.30. The Morgan fingerprint density at radius 2 is 1.62 bits per heavy atom. The molecule has 2 rings (SSSR count). The van der Waals surface area contributed by atoms with Gasteiger partial charge in [0.2, 0.25) is 0 Å². The maximum atomic E-state index is 5.77. The zero-order valence-electron chi connectivity index (χ0n) is 12.1. The highest BCUT2D eigenvalue weighted by molar-refractivity contribution is 14.1. The van der Waals surface area contributed by atoms with E-state index in [1.807, 2.05) is 18.2 Å². The smallest absolute Gasteiger partial charge is 0.127 e. The Morgan fingerprint density at radius 1 is 1.05 bits per heavy atom. The summed E-state index contributed by atoms with van der Waals surface area (Å²) in [6.07, 6.45) is 0.754. The van der Waals surface area contributed by atoms with Crippen LogP contribution in [0.1, 0.15) is 17.2 Å². The number of methoxy groups -OCH3 is 2. The predicted molar refractivity (Wildman–Crippen MR) is 92.5 cm³/mol. The van der Waals surface area contributed by atoms with Crippen molar-refractivity contribution in [1.29, 1.82) is 0 Å². The van der Waals surface area contributed by atoms with Gasteiger partial charge < -0.3 is 9.47 Å². The highest BCUT2D eigenvalue weighted by atomic mass is 127. The minimum atomic E-state index is -0.0869. The van der Waals surface area contributed by atoms with E-state index >= 15 is 0 Å². The number of nitrogens with one attached hydrogen (secondary N) is 1. The topological polar surface area (TPSA) is 56.5 Å². The summed E-state index contributed by atoms with van der Waals surface area (Å²) < 4.78 is 12.1. The Morgan fingerprint density at radius 3 is 2.10 bits per heavy atom. The Kier molecular flexibility index (Phi) is 5.84. The first-order valence-corrected chi connectivity index (χ1v) is 7.69. The van der Waals surface area contributed by atoms with E-state index in [9.17, 15) is 0 Å². The molecule has 1 atom stereocenters. The van der Waals surface area contributed by atoms with E-state index in [1.54, 1.807) is 14.2 Å². The Labute approximate surface area is 138 Å². The van der Waals surface area contributed by atoms with E-state index in [2.05, 4.69) is 52.3 Å². The lowest BCUT2D eigenvalue weighted by atomic mass is 9.97. The van der Waals surface area contributed by atoms with Crippen molar-refractivity contribution < 1.29 is 9.47 Å². The van der Waals surface area contributed by atoms with Crippen molar-refractivity contribution in [3.05, 3.63) is 57.2 Å². The molecule has 0 aliphatic carbocycles. The molecule has 0 saturated heterocycles. The fourth-order valence-electron chi connectivity index (χ4n) is 2.32. The van der Waals surface area contributed by atoms with Gasteiger partial charge in [0.25, 0.3) is 0 Å². The molecule has 0 heterocycles. The molecule has 2 aromatic rings. The van der Waals surface area contributed by atoms with Crippen LogP contribution in [-0.4, -0.2) is 14.2 Å². The van der Waals surface area contributed by atoms with E-state index in [0.29, 0.717) is 0 Å². The monoisotopic (exact) mass is 398 g/mol. The second-order valence-corrected chi connectivity index (χ2v) is 5.87. The molecule has 0 spiro atoms. The van der Waals surface area contributed by atoms with Gasteiger partial charge in [0.05, 0.1) is 25.8 Å². The SMILES string of the molecule is COc1cccc(OC)c1C(Cc1ccc(I)cc1)NN. The normalized spacial score (nSPS) is 12.0. The molecule has 0 saturated carbocycles. The largest absolute Gasteiger partial charge is 0.496 e. The number of halogens is 1. The Hall–Kier alpha value is -1.31. The predicted octanol–water partition coefficient (Wildman–Crippen LogP) is 3.06. The molecule has 0 aliphatic rings. The first-order valence-electron chi connectivity index (χ1n) is 6.61. The van der Waals surface area contributed by atoms with E-state index in [-0.39, 0.29) is 6.04 Å². The van der Waals surface area contributed by atoms with Crippen molar-refractivity contribution >= 4 is 22.6 Å². The van der Waals surface area contributed by atoms with Crippen LogP contribution in [0.3, 0.4) is 0 Å². The number of hydrogen-bond donors (Lipinski definition) is 2. The lowest BCUT2D eigenvalue weighted by Crippen LogP contribution is -2.30. The maximum absolute atomic E-state index is 5.77. The van der Waals surface area contributed by atoms with Crippen molar-refractivity contribution in [2.45, 2.75) is 12.5 Å². The van der Waals surface area contributed by atoms with Gasteiger partial charge in [-0.25, -0.2) is 0 Å². The summed E-state index contributed by atoms with van der Waals surface area (Å²) >= 11 is 2.29. The van der Waals surface area contributed by atoms with Crippen LogP contribution in [0, 0.1) is 3.57 Å². The molecule has 0 amide bonds. The summed E-state index contributed by atoms with van der Waals surface area (Å²) in [4.78, 5) is 0. The van der Waals surface area contributed by atoms with Gasteiger partial charge in [-0.1, -0.05) is 18.2 Å². The average molecular weight is 398 g/mol. The molecule has 0 aromatic heterocycles. The highest BCUT2D eigenvalue weighted by Crippen LogP contribution is 2.35. The van der Waals surface area contributed by atoms with Crippen LogP contribution >= 0.6 is 22.6 Å². The van der Waals surface area contributed by atoms with Crippen molar-refractivity contribution in [1.82, 2.24) is 5.43 Å². The van der Waals surface area contributed by atoms with Gasteiger partial charge >= 0.3 is 0 Å². The van der Waals surface area contributed by atoms with E-state index in [1.165, 1.54) is 9.13 Å². The molecule has 0 radical (unpaired) electrons. The van der Waals surface area contributed by atoms with Gasteiger partial charge in [-0.05, 0) is 58.8 Å². The molecule has 112 valence electrons. The van der Waals surface area contributed by atoms with E-state index < -0.39 is 0 Å². The number of ether oxygens (including phenoxy) is 2. The second-order valence-electron chi connectivity index (χ2n) is 4.63. The van der Waals surface area contributed by atoms with Crippen LogP contribution in [0.2, 0.25) is 0 Å². The molecule has 0 aliphatic heterocycles. The summed E-state index contributed by atoms with van der Waals surface area (Å²) in [5, 5.41) is 0. The number of nitrogens with two attached hydrogens (primary N) is 1. The summed E-state index contributed by atoms with van der Waals surface area (Å²) in [7, 11) is 3.30. The summed E-state index contributed by atoms with van der Waals surface area (Å²) in [5.41, 5.74) is 5.00. The van der Waals surface area contributed by atoms with Crippen LogP contribution in [0.4, 0.5) is 0 Å². The third-order valence-electron chi connectivity index (χ3n) is 3.37. The van der Waals surface area contributed by atoms with Gasteiger partial charge in [-0.2, -0.15) is 0 Å². The molecule has 2 aromatic carbocycles. The van der Waals surface area contributed by atoms with Gasteiger partial charge in [0.15, 0.2) is 0 Å². The van der Waals surface area contributed by atoms with Crippen molar-refractivity contribution in [2.75, 3.05) is 14.2 Å². The molecule has 21 heavy (non-hydrogen) atoms. The number of hydrogen-bond acceptors (Lipinski definition) is 4. The number of benzene rings is 2. The zero-order chi connectivity index (χ0) is 15.2. The van der Waals surface area contributed by atoms with Crippen LogP contribution in [-0.2, 0) is 6.42 Å². The molecule has 4 nitrogen and oxygen atoms in total. The first-order chi connectivity index (χ1) is 10.2. The zero-order valence-corrected chi connectivity index (χ0v) is 14.3. The van der Waals surface area contributed by atoms with E-state index in [4.69, 9.17) is 15.3 Å². The third-order valence-corrected chi connectivity index (χ3v) is 4.09. The molecular weight excluding hydrogens is 379 g/mol. The Bertz CT molecular complexity index is 565. The van der Waals surface area contributed by atoms with Crippen molar-refractivity contribution in [3.63, 3.8) is 0 Å². The van der Waals surface area contributed by atoms with Crippen molar-refractivity contribution in [3.8, 4) is 11.5 Å². The maximum Gasteiger partial charge on any atom is 0.127 e. The molecule has 1 unspecified atom stereocenters. The Balaban J connectivity index is 2.34. The van der Waals surface area contributed by atoms with E-state index in [0.717, 1.165) is 23.5 Å². The third kappa shape index (κ3) is 3.87. The fraction of sp³-hybridized carbons (Fsp3) is 0.250. The van der Waals surface area contributed by atoms with Gasteiger partial charge in [-0.3, -0.25) is 11.3 Å². The summed E-state index contributed by atoms with van der Waals surface area (Å²) in [6.45, 7) is 0. The van der Waals surface area contributed by atoms with Crippen LogP contribution in [0.5, 0.6) is 11.5 Å². The molecule has 0 fully saturated rings. The average Bonchev–Trinajstić information content (AvgIpc) is 2.53. The standard InChI is InChI=1S/C16H19IN2O2/c1-20-14-4-3-5-15(21-2)16(14)13(19-18)10-11-6-8-12(17)9-7-11/h3-9,13,19H,10,18H2,1-2H3. The lowest BCUT2D eigenvalue weighted by Gasteiger charge is -2.21. The van der Waals surface area contributed by atoms with Gasteiger partial charge in [-0.15, -0.1) is 0 Å². The van der Waals surface area contributed by atoms with Gasteiger partial charge in [0, 0.05) is 3.57 Å². The molecule has 3 N–H and O–H groups in total.